The fraction of sp³-hybridized carbons (Fsp3) is 0.312. The maximum atomic E-state index is 12.1. The van der Waals surface area contributed by atoms with Crippen molar-refractivity contribution in [1.82, 2.24) is 9.88 Å². The number of rotatable bonds is 6. The van der Waals surface area contributed by atoms with Crippen LogP contribution in [0.5, 0.6) is 0 Å². The molecule has 1 unspecified atom stereocenters. The minimum Gasteiger partial charge on any atom is -0.349 e. The third kappa shape index (κ3) is 3.71. The van der Waals surface area contributed by atoms with E-state index in [-0.39, 0.29) is 11.9 Å². The lowest BCUT2D eigenvalue weighted by atomic mass is 10.2. The lowest BCUT2D eigenvalue weighted by Gasteiger charge is -2.12. The first-order valence-electron chi connectivity index (χ1n) is 6.93. The van der Waals surface area contributed by atoms with Crippen molar-refractivity contribution in [3.8, 4) is 0 Å². The maximum Gasteiger partial charge on any atom is 0.267 e. The molecule has 0 saturated heterocycles. The normalized spacial score (nSPS) is 12.1. The van der Waals surface area contributed by atoms with E-state index in [2.05, 4.69) is 17.4 Å². The third-order valence-corrected chi connectivity index (χ3v) is 3.31. The van der Waals surface area contributed by atoms with Gasteiger partial charge in [0.1, 0.15) is 5.69 Å². The molecule has 1 aromatic carbocycles. The second-order valence-electron chi connectivity index (χ2n) is 4.89. The van der Waals surface area contributed by atoms with E-state index in [9.17, 15) is 4.79 Å². The maximum absolute atomic E-state index is 12.1. The molecule has 0 saturated carbocycles. The molecule has 0 bridgehead atoms. The second-order valence-corrected chi connectivity index (χ2v) is 4.89. The summed E-state index contributed by atoms with van der Waals surface area (Å²) in [5.41, 5.74) is 7.65. The number of hydrogen-bond acceptors (Lipinski definition) is 2. The Morgan fingerprint density at radius 3 is 2.70 bits per heavy atom. The molecule has 4 heteroatoms. The van der Waals surface area contributed by atoms with Crippen LogP contribution in [0.25, 0.3) is 0 Å². The fourth-order valence-corrected chi connectivity index (χ4v) is 2.00. The molecule has 0 aliphatic carbocycles. The number of nitrogens with one attached hydrogen (secondary N) is 1. The third-order valence-electron chi connectivity index (χ3n) is 3.31. The highest BCUT2D eigenvalue weighted by Crippen LogP contribution is 2.08. The van der Waals surface area contributed by atoms with Crippen LogP contribution < -0.4 is 11.1 Å². The summed E-state index contributed by atoms with van der Waals surface area (Å²) in [5, 5.41) is 2.88. The van der Waals surface area contributed by atoms with Gasteiger partial charge in [0, 0.05) is 25.3 Å². The van der Waals surface area contributed by atoms with Gasteiger partial charge in [-0.3, -0.25) is 4.79 Å². The standard InChI is InChI=1S/C16H21N3O/c1-2-14(17)11-18-16(20)15-9-6-10-19(15)12-13-7-4-3-5-8-13/h3-10,14H,2,11-12,17H2,1H3,(H,18,20). The average molecular weight is 271 g/mol. The van der Waals surface area contributed by atoms with Gasteiger partial charge in [0.15, 0.2) is 0 Å². The van der Waals surface area contributed by atoms with Crippen LogP contribution in [0.3, 0.4) is 0 Å². The minimum atomic E-state index is -0.0742. The smallest absolute Gasteiger partial charge is 0.267 e. The Morgan fingerprint density at radius 2 is 2.00 bits per heavy atom. The van der Waals surface area contributed by atoms with Crippen LogP contribution in [0.15, 0.2) is 48.7 Å². The molecule has 1 heterocycles. The molecule has 20 heavy (non-hydrogen) atoms. The first-order chi connectivity index (χ1) is 9.70. The fourth-order valence-electron chi connectivity index (χ4n) is 2.00. The number of carbonyl (C=O) groups excluding carboxylic acids is 1. The van der Waals surface area contributed by atoms with Crippen molar-refractivity contribution >= 4 is 5.91 Å². The van der Waals surface area contributed by atoms with Crippen LogP contribution >= 0.6 is 0 Å². The molecule has 0 fully saturated rings. The molecule has 0 spiro atoms. The summed E-state index contributed by atoms with van der Waals surface area (Å²) in [7, 11) is 0. The Hall–Kier alpha value is -2.07. The Morgan fingerprint density at radius 1 is 1.25 bits per heavy atom. The van der Waals surface area contributed by atoms with E-state index in [1.807, 2.05) is 48.0 Å². The van der Waals surface area contributed by atoms with Gasteiger partial charge in [-0.05, 0) is 24.1 Å². The zero-order valence-electron chi connectivity index (χ0n) is 11.8. The van der Waals surface area contributed by atoms with Crippen LogP contribution in [0.2, 0.25) is 0 Å². The van der Waals surface area contributed by atoms with Gasteiger partial charge < -0.3 is 15.6 Å². The first-order valence-corrected chi connectivity index (χ1v) is 6.93. The van der Waals surface area contributed by atoms with Gasteiger partial charge >= 0.3 is 0 Å². The Balaban J connectivity index is 2.03. The van der Waals surface area contributed by atoms with Crippen molar-refractivity contribution in [2.45, 2.75) is 25.9 Å². The van der Waals surface area contributed by atoms with Gasteiger partial charge in [-0.2, -0.15) is 0 Å². The highest BCUT2D eigenvalue weighted by Gasteiger charge is 2.11. The van der Waals surface area contributed by atoms with Crippen LogP contribution in [0, 0.1) is 0 Å². The van der Waals surface area contributed by atoms with Crippen LogP contribution in [0.1, 0.15) is 29.4 Å². The van der Waals surface area contributed by atoms with E-state index in [0.29, 0.717) is 18.8 Å². The quantitative estimate of drug-likeness (QED) is 0.844. The van der Waals surface area contributed by atoms with Gasteiger partial charge in [0.2, 0.25) is 0 Å². The molecule has 2 aromatic rings. The first kappa shape index (κ1) is 14.3. The van der Waals surface area contributed by atoms with Gasteiger partial charge in [0.25, 0.3) is 5.91 Å². The molecule has 0 aliphatic rings. The molecule has 1 atom stereocenters. The van der Waals surface area contributed by atoms with Crippen LogP contribution in [0.4, 0.5) is 0 Å². The van der Waals surface area contributed by atoms with E-state index in [4.69, 9.17) is 5.73 Å². The number of amides is 1. The summed E-state index contributed by atoms with van der Waals surface area (Å²) in [5.74, 6) is -0.0742. The SMILES string of the molecule is CCC(N)CNC(=O)c1cccn1Cc1ccccc1. The van der Waals surface area contributed by atoms with Gasteiger partial charge in [-0.25, -0.2) is 0 Å². The van der Waals surface area contributed by atoms with E-state index < -0.39 is 0 Å². The summed E-state index contributed by atoms with van der Waals surface area (Å²) in [6.07, 6.45) is 2.77. The highest BCUT2D eigenvalue weighted by molar-refractivity contribution is 5.92. The van der Waals surface area contributed by atoms with Crippen molar-refractivity contribution in [2.75, 3.05) is 6.54 Å². The highest BCUT2D eigenvalue weighted by atomic mass is 16.1. The molecule has 0 aliphatic heterocycles. The van der Waals surface area contributed by atoms with Crippen molar-refractivity contribution in [3.63, 3.8) is 0 Å². The molecule has 1 amide bonds. The predicted octanol–water partition coefficient (Wildman–Crippen LogP) is 2.00. The van der Waals surface area contributed by atoms with Gasteiger partial charge in [0.05, 0.1) is 0 Å². The molecule has 4 nitrogen and oxygen atoms in total. The molecule has 1 aromatic heterocycles. The number of nitrogens with two attached hydrogens (primary N) is 1. The van der Waals surface area contributed by atoms with Gasteiger partial charge in [-0.15, -0.1) is 0 Å². The van der Waals surface area contributed by atoms with Crippen molar-refractivity contribution < 1.29 is 4.79 Å². The number of aromatic nitrogens is 1. The topological polar surface area (TPSA) is 60.0 Å². The van der Waals surface area contributed by atoms with Crippen molar-refractivity contribution in [3.05, 3.63) is 59.9 Å². The number of benzene rings is 1. The molecule has 106 valence electrons. The monoisotopic (exact) mass is 271 g/mol. The lowest BCUT2D eigenvalue weighted by molar-refractivity contribution is 0.0942. The zero-order chi connectivity index (χ0) is 14.4. The largest absolute Gasteiger partial charge is 0.349 e. The molecule has 2 rings (SSSR count). The molecule has 0 radical (unpaired) electrons. The van der Waals surface area contributed by atoms with Crippen LogP contribution in [-0.2, 0) is 6.54 Å². The van der Waals surface area contributed by atoms with Gasteiger partial charge in [-0.1, -0.05) is 37.3 Å². The molecular weight excluding hydrogens is 250 g/mol. The molecular formula is C16H21N3O. The summed E-state index contributed by atoms with van der Waals surface area (Å²) in [6, 6.07) is 13.8. The molecule has 3 N–H and O–H groups in total. The summed E-state index contributed by atoms with van der Waals surface area (Å²) < 4.78 is 1.95. The number of hydrogen-bond donors (Lipinski definition) is 2. The van der Waals surface area contributed by atoms with Crippen LogP contribution in [-0.4, -0.2) is 23.1 Å². The summed E-state index contributed by atoms with van der Waals surface area (Å²) in [4.78, 5) is 12.1. The van der Waals surface area contributed by atoms with Crippen molar-refractivity contribution in [1.29, 1.82) is 0 Å². The predicted molar refractivity (Wildman–Crippen MR) is 80.6 cm³/mol. The average Bonchev–Trinajstić information content (AvgIpc) is 2.93. The number of nitrogens with zero attached hydrogens (tertiary/aromatic N) is 1. The van der Waals surface area contributed by atoms with E-state index in [0.717, 1.165) is 6.42 Å². The second kappa shape index (κ2) is 6.91. The lowest BCUT2D eigenvalue weighted by Crippen LogP contribution is -2.37. The Kier molecular flexibility index (Phi) is 4.96. The Labute approximate surface area is 119 Å². The number of carbonyl (C=O) groups is 1. The van der Waals surface area contributed by atoms with Crippen molar-refractivity contribution in [2.24, 2.45) is 5.73 Å². The van der Waals surface area contributed by atoms with E-state index >= 15 is 0 Å². The zero-order valence-corrected chi connectivity index (χ0v) is 11.8. The Bertz CT molecular complexity index is 548. The summed E-state index contributed by atoms with van der Waals surface area (Å²) in [6.45, 7) is 3.21. The van der Waals surface area contributed by atoms with E-state index in [1.165, 1.54) is 5.56 Å². The summed E-state index contributed by atoms with van der Waals surface area (Å²) >= 11 is 0. The van der Waals surface area contributed by atoms with E-state index in [1.54, 1.807) is 0 Å². The minimum absolute atomic E-state index is 0.0106.